The number of benzene rings is 1. The minimum Gasteiger partial charge on any atom is -0.478 e. The van der Waals surface area contributed by atoms with Crippen molar-refractivity contribution in [1.29, 1.82) is 0 Å². The Balaban J connectivity index is 1.91. The van der Waals surface area contributed by atoms with Gasteiger partial charge in [-0.05, 0) is 66.4 Å². The smallest absolute Gasteiger partial charge is 0.336 e. The first-order valence-electron chi connectivity index (χ1n) is 9.97. The topological polar surface area (TPSA) is 113 Å². The predicted molar refractivity (Wildman–Crippen MR) is 121 cm³/mol. The second-order valence-corrected chi connectivity index (χ2v) is 7.09. The maximum absolute atomic E-state index is 11.7. The van der Waals surface area contributed by atoms with Crippen LogP contribution in [-0.4, -0.2) is 37.8 Å². The molecular formula is C25H19N3O4. The number of carboxylic acids is 2. The van der Waals surface area contributed by atoms with Gasteiger partial charge in [-0.1, -0.05) is 24.3 Å². The number of hydrogen-bond donors (Lipinski definition) is 2. The van der Waals surface area contributed by atoms with Crippen LogP contribution in [0.2, 0.25) is 0 Å². The maximum atomic E-state index is 11.7. The highest BCUT2D eigenvalue weighted by molar-refractivity contribution is 6.09. The molecule has 3 aromatic rings. The Hall–Kier alpha value is -4.39. The number of aromatic carboxylic acids is 2. The highest BCUT2D eigenvalue weighted by Crippen LogP contribution is 2.28. The summed E-state index contributed by atoms with van der Waals surface area (Å²) in [5, 5.41) is 18.8. The van der Waals surface area contributed by atoms with Crippen LogP contribution in [0.4, 0.5) is 0 Å². The van der Waals surface area contributed by atoms with Gasteiger partial charge in [0.25, 0.3) is 0 Å². The van der Waals surface area contributed by atoms with E-state index in [0.717, 1.165) is 12.8 Å². The Bertz CT molecular complexity index is 1280. The molecule has 0 fully saturated rings. The summed E-state index contributed by atoms with van der Waals surface area (Å²) in [5.74, 6) is -2.60. The van der Waals surface area contributed by atoms with Gasteiger partial charge in [0.15, 0.2) is 0 Å². The van der Waals surface area contributed by atoms with Crippen molar-refractivity contribution < 1.29 is 19.8 Å². The number of nitrogens with zero attached hydrogens (tertiary/aromatic N) is 3. The van der Waals surface area contributed by atoms with Gasteiger partial charge in [0, 0.05) is 12.4 Å². The summed E-state index contributed by atoms with van der Waals surface area (Å²) in [4.78, 5) is 36.7. The average Bonchev–Trinajstić information content (AvgIpc) is 2.78. The van der Waals surface area contributed by atoms with Gasteiger partial charge >= 0.3 is 11.9 Å². The summed E-state index contributed by atoms with van der Waals surface area (Å²) in [6.07, 6.45) is 11.1. The minimum atomic E-state index is -1.30. The fourth-order valence-corrected chi connectivity index (χ4v) is 3.35. The standard InChI is InChI=1S/C25H19N3O4/c29-24(30)18-10-9-16(13-19(18)25(31)32)17-14-22(20-7-3-1-2-5-11-26-20)28-23(15-17)21-8-4-6-12-27-21/h3-15H,1-2H2,(H,29,30)(H,31,32). The SMILES string of the molecule is O=C(O)c1ccc(-c2cc(C3=NC=CCCC=C3)nc(-c3ccccn3)c2)cc1C(=O)O. The van der Waals surface area contributed by atoms with E-state index in [9.17, 15) is 19.8 Å². The van der Waals surface area contributed by atoms with E-state index in [1.807, 2.05) is 42.5 Å². The largest absolute Gasteiger partial charge is 0.478 e. The molecule has 7 heteroatoms. The molecule has 3 heterocycles. The molecule has 2 N–H and O–H groups in total. The van der Waals surface area contributed by atoms with Gasteiger partial charge in [-0.3, -0.25) is 9.98 Å². The molecule has 4 rings (SSSR count). The first-order chi connectivity index (χ1) is 15.5. The normalized spacial score (nSPS) is 13.2. The van der Waals surface area contributed by atoms with E-state index in [-0.39, 0.29) is 11.1 Å². The highest BCUT2D eigenvalue weighted by atomic mass is 16.4. The number of hydrogen-bond acceptors (Lipinski definition) is 5. The number of rotatable bonds is 5. The highest BCUT2D eigenvalue weighted by Gasteiger charge is 2.18. The summed E-state index contributed by atoms with van der Waals surface area (Å²) in [7, 11) is 0. The van der Waals surface area contributed by atoms with Gasteiger partial charge in [-0.15, -0.1) is 0 Å². The molecule has 2 aromatic heterocycles. The van der Waals surface area contributed by atoms with Crippen LogP contribution in [0.1, 0.15) is 39.3 Å². The Morgan fingerprint density at radius 3 is 2.31 bits per heavy atom. The van der Waals surface area contributed by atoms with Crippen molar-refractivity contribution in [3.63, 3.8) is 0 Å². The molecule has 1 aromatic carbocycles. The van der Waals surface area contributed by atoms with Crippen LogP contribution >= 0.6 is 0 Å². The van der Waals surface area contributed by atoms with Crippen LogP contribution in [0.25, 0.3) is 22.5 Å². The van der Waals surface area contributed by atoms with Crippen LogP contribution in [-0.2, 0) is 0 Å². The first-order valence-corrected chi connectivity index (χ1v) is 9.97. The van der Waals surface area contributed by atoms with E-state index in [4.69, 9.17) is 4.98 Å². The molecule has 158 valence electrons. The lowest BCUT2D eigenvalue weighted by molar-refractivity contribution is 0.0651. The average molecular weight is 425 g/mol. The monoisotopic (exact) mass is 425 g/mol. The van der Waals surface area contributed by atoms with E-state index in [2.05, 4.69) is 9.98 Å². The fraction of sp³-hybridized carbons (Fsp3) is 0.0800. The third-order valence-corrected chi connectivity index (χ3v) is 4.92. The van der Waals surface area contributed by atoms with Crippen molar-refractivity contribution >= 4 is 17.7 Å². The quantitative estimate of drug-likeness (QED) is 0.604. The molecule has 0 saturated heterocycles. The summed E-state index contributed by atoms with van der Waals surface area (Å²) >= 11 is 0. The minimum absolute atomic E-state index is 0.266. The van der Waals surface area contributed by atoms with Crippen molar-refractivity contribution in [3.05, 3.63) is 96.0 Å². The maximum Gasteiger partial charge on any atom is 0.336 e. The molecule has 1 aliphatic heterocycles. The number of carbonyl (C=O) groups is 2. The lowest BCUT2D eigenvalue weighted by Gasteiger charge is -2.11. The van der Waals surface area contributed by atoms with Crippen molar-refractivity contribution in [1.82, 2.24) is 9.97 Å². The predicted octanol–water partition coefficient (Wildman–Crippen LogP) is 4.86. The summed E-state index contributed by atoms with van der Waals surface area (Å²) in [5.41, 5.74) is 3.21. The second-order valence-electron chi connectivity index (χ2n) is 7.09. The Morgan fingerprint density at radius 1 is 0.781 bits per heavy atom. The zero-order valence-corrected chi connectivity index (χ0v) is 17.0. The van der Waals surface area contributed by atoms with Crippen molar-refractivity contribution in [3.8, 4) is 22.5 Å². The third-order valence-electron chi connectivity index (χ3n) is 4.92. The van der Waals surface area contributed by atoms with Gasteiger partial charge in [0.2, 0.25) is 0 Å². The van der Waals surface area contributed by atoms with Crippen LogP contribution in [0.3, 0.4) is 0 Å². The Morgan fingerprint density at radius 2 is 1.56 bits per heavy atom. The van der Waals surface area contributed by atoms with Gasteiger partial charge in [0.1, 0.15) is 0 Å². The molecule has 1 aliphatic rings. The van der Waals surface area contributed by atoms with Gasteiger partial charge in [-0.25, -0.2) is 14.6 Å². The number of pyridine rings is 2. The molecular weight excluding hydrogens is 406 g/mol. The summed E-state index contributed by atoms with van der Waals surface area (Å²) in [6, 6.07) is 13.4. The lowest BCUT2D eigenvalue weighted by Crippen LogP contribution is -2.08. The van der Waals surface area contributed by atoms with E-state index < -0.39 is 11.9 Å². The molecule has 0 radical (unpaired) electrons. The molecule has 0 bridgehead atoms. The number of aromatic nitrogens is 2. The van der Waals surface area contributed by atoms with Crippen LogP contribution in [0, 0.1) is 0 Å². The zero-order valence-electron chi connectivity index (χ0n) is 17.0. The van der Waals surface area contributed by atoms with Gasteiger partial charge in [0.05, 0.1) is 33.9 Å². The van der Waals surface area contributed by atoms with Gasteiger partial charge in [-0.2, -0.15) is 0 Å². The van der Waals surface area contributed by atoms with E-state index in [1.54, 1.807) is 24.5 Å². The molecule has 0 saturated carbocycles. The summed E-state index contributed by atoms with van der Waals surface area (Å²) in [6.45, 7) is 0. The van der Waals surface area contributed by atoms with Crippen molar-refractivity contribution in [2.24, 2.45) is 4.99 Å². The van der Waals surface area contributed by atoms with Gasteiger partial charge < -0.3 is 10.2 Å². The van der Waals surface area contributed by atoms with Crippen molar-refractivity contribution in [2.45, 2.75) is 12.8 Å². The van der Waals surface area contributed by atoms with Crippen LogP contribution < -0.4 is 0 Å². The molecule has 7 nitrogen and oxygen atoms in total. The molecule has 0 atom stereocenters. The Kier molecular flexibility index (Phi) is 5.98. The summed E-state index contributed by atoms with van der Waals surface area (Å²) < 4.78 is 0. The van der Waals surface area contributed by atoms with Crippen LogP contribution in [0.15, 0.2) is 84.1 Å². The van der Waals surface area contributed by atoms with Crippen molar-refractivity contribution in [2.75, 3.05) is 0 Å². The number of aliphatic imine (C=N–C) groups is 1. The fourth-order valence-electron chi connectivity index (χ4n) is 3.35. The first kappa shape index (κ1) is 20.9. The third kappa shape index (κ3) is 4.52. The zero-order chi connectivity index (χ0) is 22.5. The van der Waals surface area contributed by atoms with E-state index in [1.165, 1.54) is 12.1 Å². The number of allylic oxidation sites excluding steroid dienone is 3. The molecule has 0 spiro atoms. The molecule has 32 heavy (non-hydrogen) atoms. The molecule has 0 amide bonds. The molecule has 0 aliphatic carbocycles. The molecule has 0 unspecified atom stereocenters. The van der Waals surface area contributed by atoms with E-state index >= 15 is 0 Å². The van der Waals surface area contributed by atoms with Crippen LogP contribution in [0.5, 0.6) is 0 Å². The second kappa shape index (κ2) is 9.18. The Labute approximate surface area is 184 Å². The van der Waals surface area contributed by atoms with E-state index in [0.29, 0.717) is 33.9 Å². The number of carboxylic acid groups (broad SMARTS) is 2. The lowest BCUT2D eigenvalue weighted by atomic mass is 9.97.